The number of hydrogen-bond donors (Lipinski definition) is 0. The Balaban J connectivity index is 1.79. The summed E-state index contributed by atoms with van der Waals surface area (Å²) in [6.07, 6.45) is 2.40. The first-order chi connectivity index (χ1) is 12.1. The van der Waals surface area contributed by atoms with E-state index >= 15 is 0 Å². The maximum Gasteiger partial charge on any atom is 0.175 e. The Kier molecular flexibility index (Phi) is 6.36. The molecule has 3 rings (SSSR count). The molecular weight excluding hydrogens is 466 g/mol. The van der Waals surface area contributed by atoms with E-state index in [-0.39, 0.29) is 0 Å². The van der Waals surface area contributed by atoms with E-state index in [1.54, 1.807) is 7.11 Å². The third-order valence-electron chi connectivity index (χ3n) is 4.17. The molecule has 0 bridgehead atoms. The van der Waals surface area contributed by atoms with Gasteiger partial charge in [0.1, 0.15) is 11.6 Å². The van der Waals surface area contributed by atoms with Gasteiger partial charge in [-0.05, 0) is 58.6 Å². The van der Waals surface area contributed by atoms with Crippen molar-refractivity contribution in [2.45, 2.75) is 19.4 Å². The summed E-state index contributed by atoms with van der Waals surface area (Å²) >= 11 is 12.7. The van der Waals surface area contributed by atoms with Crippen LogP contribution in [0.25, 0.3) is 0 Å². The zero-order valence-electron chi connectivity index (χ0n) is 13.9. The van der Waals surface area contributed by atoms with Gasteiger partial charge in [0.05, 0.1) is 11.6 Å². The Labute approximate surface area is 170 Å². The minimum absolute atomic E-state index is 0.470. The molecule has 0 radical (unpaired) electrons. The number of benzene rings is 2. The lowest BCUT2D eigenvalue weighted by molar-refractivity contribution is 0.282. The molecule has 0 aliphatic carbocycles. The van der Waals surface area contributed by atoms with E-state index in [4.69, 9.17) is 21.7 Å². The van der Waals surface area contributed by atoms with E-state index in [1.807, 2.05) is 36.4 Å². The van der Waals surface area contributed by atoms with E-state index in [2.05, 4.69) is 36.8 Å². The number of methoxy groups -OCH3 is 1. The van der Waals surface area contributed by atoms with Crippen LogP contribution in [0, 0.1) is 0 Å². The summed E-state index contributed by atoms with van der Waals surface area (Å²) in [4.78, 5) is 3.12. The number of nitrogens with zero attached hydrogens (tertiary/aromatic N) is 1. The lowest BCUT2D eigenvalue weighted by Crippen LogP contribution is -2.26. The van der Waals surface area contributed by atoms with Crippen LogP contribution in [0.3, 0.4) is 0 Å². The van der Waals surface area contributed by atoms with Gasteiger partial charge in [-0.15, -0.1) is 0 Å². The van der Waals surface area contributed by atoms with Crippen molar-refractivity contribution < 1.29 is 9.47 Å². The maximum atomic E-state index is 6.00. The van der Waals surface area contributed by atoms with Gasteiger partial charge >= 0.3 is 0 Å². The molecule has 1 heterocycles. The van der Waals surface area contributed by atoms with Gasteiger partial charge in [-0.1, -0.05) is 40.3 Å². The van der Waals surface area contributed by atoms with Gasteiger partial charge in [0.15, 0.2) is 11.5 Å². The SMILES string of the molecule is COc1cc(C(=S)N2CCCC2)cc(Br)c1OCc1ccc(Br)cc1. The third kappa shape index (κ3) is 4.54. The van der Waals surface area contributed by atoms with Gasteiger partial charge in [0, 0.05) is 23.1 Å². The lowest BCUT2D eigenvalue weighted by Gasteiger charge is -2.20. The Bertz CT molecular complexity index is 759. The summed E-state index contributed by atoms with van der Waals surface area (Å²) in [5, 5.41) is 0. The van der Waals surface area contributed by atoms with Crippen LogP contribution in [-0.2, 0) is 6.61 Å². The van der Waals surface area contributed by atoms with Crippen LogP contribution in [-0.4, -0.2) is 30.1 Å². The highest BCUT2D eigenvalue weighted by molar-refractivity contribution is 9.10. The van der Waals surface area contributed by atoms with Crippen molar-refractivity contribution in [2.75, 3.05) is 20.2 Å². The fourth-order valence-corrected chi connectivity index (χ4v) is 3.94. The first kappa shape index (κ1) is 18.7. The molecule has 0 N–H and O–H groups in total. The molecule has 1 aliphatic rings. The summed E-state index contributed by atoms with van der Waals surface area (Å²) < 4.78 is 13.4. The first-order valence-corrected chi connectivity index (χ1v) is 10.1. The highest BCUT2D eigenvalue weighted by Gasteiger charge is 2.19. The monoisotopic (exact) mass is 483 g/mol. The molecule has 2 aromatic rings. The van der Waals surface area contributed by atoms with Crippen molar-refractivity contribution in [2.24, 2.45) is 0 Å². The molecule has 1 aliphatic heterocycles. The molecule has 0 unspecified atom stereocenters. The number of halogens is 2. The predicted octanol–water partition coefficient (Wildman–Crippen LogP) is 5.57. The van der Waals surface area contributed by atoms with Crippen LogP contribution in [0.4, 0.5) is 0 Å². The number of ether oxygens (including phenoxy) is 2. The van der Waals surface area contributed by atoms with Crippen LogP contribution in [0.15, 0.2) is 45.3 Å². The molecule has 0 saturated carbocycles. The van der Waals surface area contributed by atoms with Crippen molar-refractivity contribution in [3.63, 3.8) is 0 Å². The summed E-state index contributed by atoms with van der Waals surface area (Å²) in [5.41, 5.74) is 2.07. The van der Waals surface area contributed by atoms with Gasteiger partial charge in [-0.3, -0.25) is 0 Å². The van der Waals surface area contributed by atoms with E-state index in [1.165, 1.54) is 12.8 Å². The molecule has 2 aromatic carbocycles. The Morgan fingerprint density at radius 3 is 2.44 bits per heavy atom. The van der Waals surface area contributed by atoms with Gasteiger partial charge in [-0.2, -0.15) is 0 Å². The van der Waals surface area contributed by atoms with Gasteiger partial charge in [0.25, 0.3) is 0 Å². The molecule has 25 heavy (non-hydrogen) atoms. The van der Waals surface area contributed by atoms with Crippen LogP contribution >= 0.6 is 44.1 Å². The second-order valence-corrected chi connectivity index (χ2v) is 8.06. The molecule has 3 nitrogen and oxygen atoms in total. The molecular formula is C19H19Br2NO2S. The minimum atomic E-state index is 0.470. The highest BCUT2D eigenvalue weighted by Crippen LogP contribution is 2.38. The zero-order valence-corrected chi connectivity index (χ0v) is 17.9. The predicted molar refractivity (Wildman–Crippen MR) is 112 cm³/mol. The van der Waals surface area contributed by atoms with Crippen molar-refractivity contribution >= 4 is 49.1 Å². The van der Waals surface area contributed by atoms with E-state index in [0.717, 1.165) is 38.2 Å². The second-order valence-electron chi connectivity index (χ2n) is 5.90. The average Bonchev–Trinajstić information content (AvgIpc) is 3.15. The number of likely N-dealkylation sites (tertiary alicyclic amines) is 1. The van der Waals surface area contributed by atoms with E-state index < -0.39 is 0 Å². The third-order valence-corrected chi connectivity index (χ3v) is 5.78. The normalized spacial score (nSPS) is 13.8. The topological polar surface area (TPSA) is 21.7 Å². The van der Waals surface area contributed by atoms with Crippen LogP contribution in [0.5, 0.6) is 11.5 Å². The van der Waals surface area contributed by atoms with Gasteiger partial charge in [-0.25, -0.2) is 0 Å². The molecule has 0 aromatic heterocycles. The fourth-order valence-electron chi connectivity index (χ4n) is 2.82. The van der Waals surface area contributed by atoms with Gasteiger partial charge in [0.2, 0.25) is 0 Å². The van der Waals surface area contributed by atoms with Crippen molar-refractivity contribution in [3.05, 3.63) is 56.5 Å². The standard InChI is InChI=1S/C19H19Br2NO2S/c1-23-17-11-14(19(25)22-8-2-3-9-22)10-16(21)18(17)24-12-13-4-6-15(20)7-5-13/h4-7,10-11H,2-3,8-9,12H2,1H3. The Morgan fingerprint density at radius 2 is 1.80 bits per heavy atom. The van der Waals surface area contributed by atoms with Crippen molar-refractivity contribution in [1.82, 2.24) is 4.90 Å². The molecule has 1 saturated heterocycles. The van der Waals surface area contributed by atoms with E-state index in [0.29, 0.717) is 18.1 Å². The van der Waals surface area contributed by atoms with Crippen LogP contribution < -0.4 is 9.47 Å². The molecule has 0 amide bonds. The van der Waals surface area contributed by atoms with E-state index in [9.17, 15) is 0 Å². The highest BCUT2D eigenvalue weighted by atomic mass is 79.9. The second kappa shape index (κ2) is 8.52. The Morgan fingerprint density at radius 1 is 1.12 bits per heavy atom. The summed E-state index contributed by atoms with van der Waals surface area (Å²) in [5.74, 6) is 1.38. The summed E-state index contributed by atoms with van der Waals surface area (Å²) in [6, 6.07) is 12.0. The van der Waals surface area contributed by atoms with Crippen molar-refractivity contribution in [1.29, 1.82) is 0 Å². The number of hydrogen-bond acceptors (Lipinski definition) is 3. The minimum Gasteiger partial charge on any atom is -0.493 e. The molecule has 0 spiro atoms. The quantitative estimate of drug-likeness (QED) is 0.517. The zero-order chi connectivity index (χ0) is 17.8. The summed E-state index contributed by atoms with van der Waals surface area (Å²) in [7, 11) is 1.65. The smallest absolute Gasteiger partial charge is 0.175 e. The molecule has 1 fully saturated rings. The van der Waals surface area contributed by atoms with Crippen LogP contribution in [0.2, 0.25) is 0 Å². The van der Waals surface area contributed by atoms with Crippen LogP contribution in [0.1, 0.15) is 24.0 Å². The molecule has 6 heteroatoms. The lowest BCUT2D eigenvalue weighted by atomic mass is 10.2. The first-order valence-electron chi connectivity index (χ1n) is 8.12. The van der Waals surface area contributed by atoms with Crippen molar-refractivity contribution in [3.8, 4) is 11.5 Å². The molecule has 0 atom stereocenters. The van der Waals surface area contributed by atoms with Gasteiger partial charge < -0.3 is 14.4 Å². The fraction of sp³-hybridized carbons (Fsp3) is 0.316. The summed E-state index contributed by atoms with van der Waals surface area (Å²) in [6.45, 7) is 2.53. The average molecular weight is 485 g/mol. The number of rotatable bonds is 5. The number of thiocarbonyl (C=S) groups is 1. The maximum absolute atomic E-state index is 6.00. The Hall–Kier alpha value is -1.11. The molecule has 132 valence electrons. The largest absolute Gasteiger partial charge is 0.493 e.